The summed E-state index contributed by atoms with van der Waals surface area (Å²) in [5.41, 5.74) is 1.24. The van der Waals surface area contributed by atoms with Crippen LogP contribution in [0.3, 0.4) is 0 Å². The first-order chi connectivity index (χ1) is 12.7. The highest BCUT2D eigenvalue weighted by Gasteiger charge is 2.42. The van der Waals surface area contributed by atoms with Crippen molar-refractivity contribution >= 4 is 11.7 Å². The van der Waals surface area contributed by atoms with Crippen molar-refractivity contribution in [1.29, 1.82) is 0 Å². The van der Waals surface area contributed by atoms with Gasteiger partial charge in [0.1, 0.15) is 5.69 Å². The normalized spacial score (nSPS) is 24.8. The van der Waals surface area contributed by atoms with Crippen molar-refractivity contribution < 1.29 is 4.79 Å². The minimum atomic E-state index is -0.241. The number of aromatic amines is 1. The van der Waals surface area contributed by atoms with Gasteiger partial charge in [-0.1, -0.05) is 6.07 Å². The first-order valence-electron chi connectivity index (χ1n) is 9.24. The molecule has 2 aliphatic heterocycles. The number of nitrogens with zero attached hydrogens (tertiary/aromatic N) is 4. The molecule has 7 nitrogen and oxygen atoms in total. The van der Waals surface area contributed by atoms with Crippen LogP contribution in [0.4, 0.5) is 5.82 Å². The summed E-state index contributed by atoms with van der Waals surface area (Å²) >= 11 is 0. The van der Waals surface area contributed by atoms with Crippen LogP contribution in [-0.4, -0.2) is 52.2 Å². The number of rotatable bonds is 3. The maximum absolute atomic E-state index is 12.6. The van der Waals surface area contributed by atoms with Crippen molar-refractivity contribution in [1.82, 2.24) is 20.1 Å². The molecule has 1 N–H and O–H groups in total. The van der Waals surface area contributed by atoms with E-state index >= 15 is 0 Å². The second-order valence-electron chi connectivity index (χ2n) is 7.65. The van der Waals surface area contributed by atoms with E-state index in [0.717, 1.165) is 37.7 Å². The number of nitrogens with one attached hydrogen (secondary N) is 1. The van der Waals surface area contributed by atoms with Crippen LogP contribution in [0.2, 0.25) is 0 Å². The topological polar surface area (TPSA) is 82.2 Å². The summed E-state index contributed by atoms with van der Waals surface area (Å²) in [6, 6.07) is 8.90. The molecule has 26 heavy (non-hydrogen) atoms. The third-order valence-corrected chi connectivity index (χ3v) is 5.76. The molecule has 3 fully saturated rings. The van der Waals surface area contributed by atoms with Gasteiger partial charge >= 0.3 is 0 Å². The quantitative estimate of drug-likeness (QED) is 0.900. The van der Waals surface area contributed by atoms with Gasteiger partial charge in [0.05, 0.1) is 5.69 Å². The molecule has 2 atom stereocenters. The maximum Gasteiger partial charge on any atom is 0.270 e. The van der Waals surface area contributed by atoms with Crippen LogP contribution in [0.5, 0.6) is 0 Å². The molecule has 2 unspecified atom stereocenters. The van der Waals surface area contributed by atoms with E-state index in [0.29, 0.717) is 23.4 Å². The Morgan fingerprint density at radius 3 is 2.38 bits per heavy atom. The van der Waals surface area contributed by atoms with Gasteiger partial charge < -0.3 is 14.8 Å². The monoisotopic (exact) mass is 351 g/mol. The second kappa shape index (κ2) is 5.93. The van der Waals surface area contributed by atoms with E-state index in [4.69, 9.17) is 0 Å². The number of carbonyl (C=O) groups excluding carboxylic acids is 1. The van der Waals surface area contributed by atoms with Crippen molar-refractivity contribution in [2.24, 2.45) is 11.8 Å². The lowest BCUT2D eigenvalue weighted by molar-refractivity contribution is 0.0776. The standard InChI is InChI=1S/C19H21N5O2/c25-18-3-1-2-16(20-18)19(26)24-10-13-8-23(9-14(13)11-24)17-7-6-15(21-22-17)12-4-5-12/h1-3,6-7,12-14H,4-5,8-11H2,(H,20,25). The van der Waals surface area contributed by atoms with E-state index in [1.54, 1.807) is 12.1 Å². The third-order valence-electron chi connectivity index (χ3n) is 5.76. The molecule has 3 aliphatic rings. The van der Waals surface area contributed by atoms with Gasteiger partial charge in [-0.15, -0.1) is 5.10 Å². The van der Waals surface area contributed by atoms with E-state index in [-0.39, 0.29) is 11.5 Å². The lowest BCUT2D eigenvalue weighted by Gasteiger charge is -2.22. The molecule has 0 radical (unpaired) electrons. The molecule has 2 saturated heterocycles. The zero-order chi connectivity index (χ0) is 17.7. The number of aromatic nitrogens is 3. The van der Waals surface area contributed by atoms with Crippen molar-refractivity contribution in [2.45, 2.75) is 18.8 Å². The Balaban J connectivity index is 1.24. The highest BCUT2D eigenvalue weighted by atomic mass is 16.2. The number of pyridine rings is 1. The van der Waals surface area contributed by atoms with Crippen molar-refractivity contribution in [3.05, 3.63) is 52.1 Å². The Hall–Kier alpha value is -2.70. The molecule has 0 bridgehead atoms. The van der Waals surface area contributed by atoms with Gasteiger partial charge in [0.2, 0.25) is 5.56 Å². The number of hydrogen-bond acceptors (Lipinski definition) is 5. The van der Waals surface area contributed by atoms with Gasteiger partial charge in [-0.2, -0.15) is 5.10 Å². The number of H-pyrrole nitrogens is 1. The zero-order valence-electron chi connectivity index (χ0n) is 14.5. The fraction of sp³-hybridized carbons (Fsp3) is 0.474. The van der Waals surface area contributed by atoms with E-state index in [9.17, 15) is 9.59 Å². The average molecular weight is 351 g/mol. The summed E-state index contributed by atoms with van der Waals surface area (Å²) in [5.74, 6) is 2.36. The summed E-state index contributed by atoms with van der Waals surface area (Å²) in [5, 5.41) is 8.80. The van der Waals surface area contributed by atoms with E-state index < -0.39 is 0 Å². The predicted octanol–water partition coefficient (Wildman–Crippen LogP) is 1.25. The summed E-state index contributed by atoms with van der Waals surface area (Å²) in [6.45, 7) is 3.25. The highest BCUT2D eigenvalue weighted by molar-refractivity contribution is 5.92. The summed E-state index contributed by atoms with van der Waals surface area (Å²) < 4.78 is 0. The van der Waals surface area contributed by atoms with Crippen LogP contribution in [0.1, 0.15) is 34.9 Å². The molecule has 2 aromatic heterocycles. The molecule has 7 heteroatoms. The van der Waals surface area contributed by atoms with E-state index in [2.05, 4.69) is 32.2 Å². The molecule has 0 aromatic carbocycles. The van der Waals surface area contributed by atoms with Crippen molar-refractivity contribution in [2.75, 3.05) is 31.1 Å². The zero-order valence-corrected chi connectivity index (χ0v) is 14.5. The molecular formula is C19H21N5O2. The minimum absolute atomic E-state index is 0.0859. The van der Waals surface area contributed by atoms with Crippen molar-refractivity contribution in [3.63, 3.8) is 0 Å². The molecule has 1 amide bonds. The van der Waals surface area contributed by atoms with E-state index in [1.165, 1.54) is 18.9 Å². The summed E-state index contributed by atoms with van der Waals surface area (Å²) in [6.07, 6.45) is 2.47. The number of likely N-dealkylation sites (tertiary alicyclic amines) is 1. The van der Waals surface area contributed by atoms with Gasteiger partial charge in [0.15, 0.2) is 5.82 Å². The van der Waals surface area contributed by atoms with Crippen LogP contribution in [0, 0.1) is 11.8 Å². The van der Waals surface area contributed by atoms with Gasteiger partial charge in [0.25, 0.3) is 5.91 Å². The van der Waals surface area contributed by atoms with Crippen LogP contribution >= 0.6 is 0 Å². The highest BCUT2D eigenvalue weighted by Crippen LogP contribution is 2.39. The number of hydrogen-bond donors (Lipinski definition) is 1. The molecule has 5 rings (SSSR count). The van der Waals surface area contributed by atoms with Gasteiger partial charge in [-0.25, -0.2) is 0 Å². The summed E-state index contributed by atoms with van der Waals surface area (Å²) in [4.78, 5) is 30.8. The number of fused-ring (bicyclic) bond motifs is 1. The maximum atomic E-state index is 12.6. The second-order valence-corrected chi connectivity index (χ2v) is 7.65. The van der Waals surface area contributed by atoms with Crippen LogP contribution in [0.25, 0.3) is 0 Å². The number of anilines is 1. The molecule has 4 heterocycles. The Morgan fingerprint density at radius 2 is 1.77 bits per heavy atom. The first-order valence-corrected chi connectivity index (χ1v) is 9.24. The van der Waals surface area contributed by atoms with Crippen LogP contribution in [-0.2, 0) is 0 Å². The minimum Gasteiger partial charge on any atom is -0.354 e. The fourth-order valence-corrected chi connectivity index (χ4v) is 4.19. The van der Waals surface area contributed by atoms with Crippen molar-refractivity contribution in [3.8, 4) is 0 Å². The Kier molecular flexibility index (Phi) is 3.55. The Morgan fingerprint density at radius 1 is 1.00 bits per heavy atom. The largest absolute Gasteiger partial charge is 0.354 e. The lowest BCUT2D eigenvalue weighted by atomic mass is 10.0. The molecule has 1 aliphatic carbocycles. The van der Waals surface area contributed by atoms with Crippen LogP contribution < -0.4 is 10.5 Å². The summed E-state index contributed by atoms with van der Waals surface area (Å²) in [7, 11) is 0. The molecular weight excluding hydrogens is 330 g/mol. The fourth-order valence-electron chi connectivity index (χ4n) is 4.19. The van der Waals surface area contributed by atoms with Gasteiger partial charge in [-0.3, -0.25) is 9.59 Å². The third kappa shape index (κ3) is 2.77. The molecule has 134 valence electrons. The van der Waals surface area contributed by atoms with Gasteiger partial charge in [-0.05, 0) is 31.0 Å². The molecule has 2 aromatic rings. The number of carbonyl (C=O) groups is 1. The lowest BCUT2D eigenvalue weighted by Crippen LogP contribution is -2.34. The number of amides is 1. The predicted molar refractivity (Wildman–Crippen MR) is 96.2 cm³/mol. The Bertz CT molecular complexity index is 875. The SMILES string of the molecule is O=C(c1cccc(=O)[nH]1)N1CC2CN(c3ccc(C4CC4)nn3)CC2C1. The van der Waals surface area contributed by atoms with Gasteiger partial charge in [0, 0.05) is 50.0 Å². The Labute approximate surface area is 151 Å². The first kappa shape index (κ1) is 15.5. The van der Waals surface area contributed by atoms with E-state index in [1.807, 2.05) is 4.90 Å². The molecule has 0 spiro atoms. The molecule has 1 saturated carbocycles. The van der Waals surface area contributed by atoms with Crippen LogP contribution in [0.15, 0.2) is 35.1 Å². The smallest absolute Gasteiger partial charge is 0.270 e. The average Bonchev–Trinajstić information content (AvgIpc) is 3.31.